The fraction of sp³-hybridized carbons (Fsp3) is 0.667. The molecule has 1 saturated heterocycles. The van der Waals surface area contributed by atoms with Gasteiger partial charge in [-0.15, -0.1) is 0 Å². The van der Waals surface area contributed by atoms with E-state index in [1.165, 1.54) is 25.7 Å². The number of benzene rings is 1. The summed E-state index contributed by atoms with van der Waals surface area (Å²) in [7, 11) is 3.30. The highest BCUT2D eigenvalue weighted by Gasteiger charge is 2.65. The van der Waals surface area contributed by atoms with Crippen molar-refractivity contribution in [3.8, 4) is 11.5 Å². The van der Waals surface area contributed by atoms with Crippen molar-refractivity contribution in [3.05, 3.63) is 18.2 Å². The first-order chi connectivity index (χ1) is 13.2. The molecule has 1 heterocycles. The lowest BCUT2D eigenvalue weighted by Gasteiger charge is -2.57. The van der Waals surface area contributed by atoms with Gasteiger partial charge in [-0.3, -0.25) is 4.99 Å². The SMILES string of the molecule is CCN=C(Nc1ccc(OC)c(OC)c1)NC1C2CCOC2C12CCCC2. The summed E-state index contributed by atoms with van der Waals surface area (Å²) in [5, 5.41) is 7.21. The van der Waals surface area contributed by atoms with Crippen LogP contribution in [-0.2, 0) is 4.74 Å². The van der Waals surface area contributed by atoms with Crippen LogP contribution in [0.25, 0.3) is 0 Å². The van der Waals surface area contributed by atoms with Gasteiger partial charge in [-0.2, -0.15) is 0 Å². The molecule has 3 fully saturated rings. The number of aliphatic imine (C=N–C) groups is 1. The quantitative estimate of drug-likeness (QED) is 0.612. The second-order valence-electron chi connectivity index (χ2n) is 7.82. The number of fused-ring (bicyclic) bond motifs is 2. The van der Waals surface area contributed by atoms with E-state index >= 15 is 0 Å². The molecule has 1 aliphatic heterocycles. The lowest BCUT2D eigenvalue weighted by Crippen LogP contribution is -2.68. The molecule has 3 atom stereocenters. The third-order valence-electron chi connectivity index (χ3n) is 6.54. The van der Waals surface area contributed by atoms with Gasteiger partial charge in [0.1, 0.15) is 0 Å². The largest absolute Gasteiger partial charge is 0.493 e. The molecular weight excluding hydrogens is 342 g/mol. The smallest absolute Gasteiger partial charge is 0.196 e. The Hall–Kier alpha value is -1.95. The minimum Gasteiger partial charge on any atom is -0.493 e. The molecule has 2 N–H and O–H groups in total. The van der Waals surface area contributed by atoms with Crippen LogP contribution in [0.1, 0.15) is 39.0 Å². The molecule has 2 saturated carbocycles. The molecular formula is C21H31N3O3. The van der Waals surface area contributed by atoms with Crippen LogP contribution >= 0.6 is 0 Å². The van der Waals surface area contributed by atoms with E-state index in [4.69, 9.17) is 14.2 Å². The van der Waals surface area contributed by atoms with Crippen LogP contribution < -0.4 is 20.1 Å². The maximum absolute atomic E-state index is 6.10. The van der Waals surface area contributed by atoms with Gasteiger partial charge in [0.15, 0.2) is 17.5 Å². The molecule has 3 aliphatic rings. The predicted octanol–water partition coefficient (Wildman–Crippen LogP) is 3.43. The third-order valence-corrected chi connectivity index (χ3v) is 6.54. The van der Waals surface area contributed by atoms with Crippen LogP contribution in [0, 0.1) is 11.3 Å². The summed E-state index contributed by atoms with van der Waals surface area (Å²) in [6, 6.07) is 6.29. The van der Waals surface area contributed by atoms with Crippen LogP contribution in [0.2, 0.25) is 0 Å². The average Bonchev–Trinajstić information content (AvgIpc) is 3.35. The molecule has 1 aromatic carbocycles. The average molecular weight is 373 g/mol. The van der Waals surface area contributed by atoms with Crippen LogP contribution in [-0.4, -0.2) is 45.5 Å². The van der Waals surface area contributed by atoms with Gasteiger partial charge in [0, 0.05) is 42.3 Å². The van der Waals surface area contributed by atoms with Crippen molar-refractivity contribution in [3.63, 3.8) is 0 Å². The van der Waals surface area contributed by atoms with E-state index in [0.29, 0.717) is 29.2 Å². The van der Waals surface area contributed by atoms with E-state index in [9.17, 15) is 0 Å². The van der Waals surface area contributed by atoms with Gasteiger partial charge >= 0.3 is 0 Å². The second-order valence-corrected chi connectivity index (χ2v) is 7.82. The summed E-state index contributed by atoms with van der Waals surface area (Å²) in [4.78, 5) is 4.69. The zero-order chi connectivity index (χ0) is 18.9. The Morgan fingerprint density at radius 1 is 1.22 bits per heavy atom. The molecule has 0 aromatic heterocycles. The van der Waals surface area contributed by atoms with Gasteiger partial charge in [0.25, 0.3) is 0 Å². The first-order valence-electron chi connectivity index (χ1n) is 10.1. The number of nitrogens with one attached hydrogen (secondary N) is 2. The van der Waals surface area contributed by atoms with Gasteiger partial charge in [0.05, 0.1) is 20.3 Å². The van der Waals surface area contributed by atoms with E-state index in [2.05, 4.69) is 22.5 Å². The topological polar surface area (TPSA) is 64.1 Å². The molecule has 6 heteroatoms. The summed E-state index contributed by atoms with van der Waals surface area (Å²) in [5.41, 5.74) is 1.24. The van der Waals surface area contributed by atoms with Crippen molar-refractivity contribution < 1.29 is 14.2 Å². The highest BCUT2D eigenvalue weighted by molar-refractivity contribution is 5.94. The number of methoxy groups -OCH3 is 2. The van der Waals surface area contributed by atoms with Crippen molar-refractivity contribution in [1.29, 1.82) is 0 Å². The third kappa shape index (κ3) is 3.14. The predicted molar refractivity (Wildman–Crippen MR) is 107 cm³/mol. The van der Waals surface area contributed by atoms with Crippen molar-refractivity contribution in [2.45, 2.75) is 51.2 Å². The Labute approximate surface area is 161 Å². The van der Waals surface area contributed by atoms with Crippen LogP contribution in [0.4, 0.5) is 5.69 Å². The Kier molecular flexibility index (Phi) is 5.17. The van der Waals surface area contributed by atoms with Crippen LogP contribution in [0.5, 0.6) is 11.5 Å². The molecule has 0 bridgehead atoms. The van der Waals surface area contributed by atoms with Crippen LogP contribution in [0.3, 0.4) is 0 Å². The van der Waals surface area contributed by atoms with E-state index < -0.39 is 0 Å². The number of ether oxygens (including phenoxy) is 3. The fourth-order valence-electron chi connectivity index (χ4n) is 5.38. The first kappa shape index (κ1) is 18.4. The maximum atomic E-state index is 6.10. The Morgan fingerprint density at radius 2 is 2.00 bits per heavy atom. The lowest BCUT2D eigenvalue weighted by atomic mass is 9.54. The van der Waals surface area contributed by atoms with Crippen molar-refractivity contribution in [2.24, 2.45) is 16.3 Å². The van der Waals surface area contributed by atoms with Crippen molar-refractivity contribution >= 4 is 11.6 Å². The minimum absolute atomic E-state index is 0.301. The Balaban J connectivity index is 1.51. The molecule has 1 spiro atoms. The molecule has 6 nitrogen and oxygen atoms in total. The zero-order valence-electron chi connectivity index (χ0n) is 16.6. The molecule has 0 radical (unpaired) electrons. The molecule has 1 aromatic rings. The minimum atomic E-state index is 0.301. The van der Waals surface area contributed by atoms with Gasteiger partial charge in [-0.05, 0) is 38.3 Å². The standard InChI is InChI=1S/C21H31N3O3/c1-4-22-20(23-14-7-8-16(25-2)17(13-14)26-3)24-18-15-9-12-27-19(15)21(18)10-5-6-11-21/h7-8,13,15,18-19H,4-6,9-12H2,1-3H3,(H2,22,23,24). The van der Waals surface area contributed by atoms with Gasteiger partial charge in [0.2, 0.25) is 0 Å². The van der Waals surface area contributed by atoms with E-state index in [1.807, 2.05) is 18.2 Å². The lowest BCUT2D eigenvalue weighted by molar-refractivity contribution is -0.124. The summed E-state index contributed by atoms with van der Waals surface area (Å²) in [5.74, 6) is 2.88. The fourth-order valence-corrected chi connectivity index (χ4v) is 5.38. The Morgan fingerprint density at radius 3 is 2.70 bits per heavy atom. The number of guanidine groups is 1. The number of rotatable bonds is 5. The monoisotopic (exact) mass is 373 g/mol. The van der Waals surface area contributed by atoms with Gasteiger partial charge in [-0.25, -0.2) is 0 Å². The molecule has 148 valence electrons. The van der Waals surface area contributed by atoms with Crippen LogP contribution in [0.15, 0.2) is 23.2 Å². The molecule has 2 aliphatic carbocycles. The van der Waals surface area contributed by atoms with Gasteiger partial charge in [-0.1, -0.05) is 12.8 Å². The molecule has 27 heavy (non-hydrogen) atoms. The molecule has 3 unspecified atom stereocenters. The summed E-state index contributed by atoms with van der Waals surface area (Å²) in [6.07, 6.45) is 6.76. The summed E-state index contributed by atoms with van der Waals surface area (Å²) < 4.78 is 16.9. The number of hydrogen-bond acceptors (Lipinski definition) is 4. The Bertz CT molecular complexity index is 700. The first-order valence-corrected chi connectivity index (χ1v) is 10.1. The number of nitrogens with zero attached hydrogens (tertiary/aromatic N) is 1. The summed E-state index contributed by atoms with van der Waals surface area (Å²) in [6.45, 7) is 3.69. The molecule has 0 amide bonds. The normalized spacial score (nSPS) is 28.6. The highest BCUT2D eigenvalue weighted by atomic mass is 16.5. The van der Waals surface area contributed by atoms with Crippen molar-refractivity contribution in [2.75, 3.05) is 32.7 Å². The summed E-state index contributed by atoms with van der Waals surface area (Å²) >= 11 is 0. The van der Waals surface area contributed by atoms with E-state index in [0.717, 1.165) is 37.0 Å². The maximum Gasteiger partial charge on any atom is 0.196 e. The van der Waals surface area contributed by atoms with E-state index in [1.54, 1.807) is 14.2 Å². The second kappa shape index (κ2) is 7.58. The number of anilines is 1. The van der Waals surface area contributed by atoms with E-state index in [-0.39, 0.29) is 0 Å². The highest BCUT2D eigenvalue weighted by Crippen LogP contribution is 2.60. The van der Waals surface area contributed by atoms with Crippen molar-refractivity contribution in [1.82, 2.24) is 5.32 Å². The molecule has 4 rings (SSSR count). The number of hydrogen-bond donors (Lipinski definition) is 2. The zero-order valence-corrected chi connectivity index (χ0v) is 16.6. The van der Waals surface area contributed by atoms with Gasteiger partial charge < -0.3 is 24.8 Å².